The van der Waals surface area contributed by atoms with Gasteiger partial charge in [0.25, 0.3) is 0 Å². The van der Waals surface area contributed by atoms with E-state index in [9.17, 15) is 9.59 Å². The van der Waals surface area contributed by atoms with Gasteiger partial charge in [-0.2, -0.15) is 0 Å². The van der Waals surface area contributed by atoms with Crippen LogP contribution in [0.25, 0.3) is 0 Å². The zero-order chi connectivity index (χ0) is 15.9. The molecule has 0 fully saturated rings. The number of hydrogen-bond donors (Lipinski definition) is 3. The molecule has 0 atom stereocenters. The molecule has 0 saturated heterocycles. The topological polar surface area (TPSA) is 78.4 Å². The molecule has 0 aliphatic rings. The fourth-order valence-corrected chi connectivity index (χ4v) is 1.58. The van der Waals surface area contributed by atoms with Gasteiger partial charge in [0.05, 0.1) is 0 Å². The Morgan fingerprint density at radius 1 is 1.00 bits per heavy atom. The molecular formula is C16H24N2O3. The number of nitrogens with one attached hydrogen (secondary N) is 2. The molecule has 0 saturated carbocycles. The van der Waals surface area contributed by atoms with Crippen LogP contribution >= 0.6 is 0 Å². The monoisotopic (exact) mass is 292 g/mol. The number of anilines is 2. The standard InChI is InChI=1S/C16H24N2O3/c1-16(2,3)15(21)18-13-9-7-12(8-10-13)17-14(20)6-4-5-11-19/h7-10,19H,4-6,11H2,1-3H3,(H,17,20)(H,18,21). The maximum absolute atomic E-state index is 11.8. The maximum atomic E-state index is 11.8. The van der Waals surface area contributed by atoms with Crippen LogP contribution in [-0.4, -0.2) is 23.5 Å². The zero-order valence-electron chi connectivity index (χ0n) is 12.9. The van der Waals surface area contributed by atoms with Gasteiger partial charge in [0.1, 0.15) is 0 Å². The van der Waals surface area contributed by atoms with Crippen molar-refractivity contribution in [1.29, 1.82) is 0 Å². The van der Waals surface area contributed by atoms with E-state index in [4.69, 9.17) is 5.11 Å². The van der Waals surface area contributed by atoms with Crippen LogP contribution in [-0.2, 0) is 9.59 Å². The summed E-state index contributed by atoms with van der Waals surface area (Å²) in [5.41, 5.74) is 0.950. The molecule has 0 bridgehead atoms. The summed E-state index contributed by atoms with van der Waals surface area (Å²) in [6, 6.07) is 7.02. The number of unbranched alkanes of at least 4 members (excludes halogenated alkanes) is 1. The van der Waals surface area contributed by atoms with Gasteiger partial charge in [0.2, 0.25) is 11.8 Å². The lowest BCUT2D eigenvalue weighted by Gasteiger charge is -2.17. The van der Waals surface area contributed by atoms with Crippen LogP contribution in [0.3, 0.4) is 0 Å². The minimum absolute atomic E-state index is 0.0525. The molecular weight excluding hydrogens is 268 g/mol. The first-order valence-corrected chi connectivity index (χ1v) is 7.15. The van der Waals surface area contributed by atoms with E-state index in [1.54, 1.807) is 24.3 Å². The minimum Gasteiger partial charge on any atom is -0.396 e. The highest BCUT2D eigenvalue weighted by Crippen LogP contribution is 2.19. The molecule has 0 heterocycles. The van der Waals surface area contributed by atoms with Gasteiger partial charge in [-0.1, -0.05) is 20.8 Å². The van der Waals surface area contributed by atoms with E-state index in [0.717, 1.165) is 0 Å². The molecule has 0 aromatic heterocycles. The molecule has 21 heavy (non-hydrogen) atoms. The van der Waals surface area contributed by atoms with Gasteiger partial charge in [0, 0.05) is 29.8 Å². The molecule has 116 valence electrons. The first kappa shape index (κ1) is 17.2. The Hall–Kier alpha value is -1.88. The van der Waals surface area contributed by atoms with Crippen LogP contribution in [0, 0.1) is 5.41 Å². The number of amides is 2. The van der Waals surface area contributed by atoms with E-state index < -0.39 is 5.41 Å². The first-order valence-electron chi connectivity index (χ1n) is 7.15. The van der Waals surface area contributed by atoms with E-state index in [1.165, 1.54) is 0 Å². The second-order valence-electron chi connectivity index (χ2n) is 6.01. The molecule has 0 aliphatic heterocycles. The zero-order valence-corrected chi connectivity index (χ0v) is 12.9. The van der Waals surface area contributed by atoms with Crippen LogP contribution in [0.5, 0.6) is 0 Å². The minimum atomic E-state index is -0.445. The third-order valence-corrected chi connectivity index (χ3v) is 2.92. The number of rotatable bonds is 6. The van der Waals surface area contributed by atoms with E-state index in [2.05, 4.69) is 10.6 Å². The van der Waals surface area contributed by atoms with Crippen molar-refractivity contribution in [3.05, 3.63) is 24.3 Å². The Morgan fingerprint density at radius 2 is 1.52 bits per heavy atom. The summed E-state index contributed by atoms with van der Waals surface area (Å²) >= 11 is 0. The number of hydrogen-bond acceptors (Lipinski definition) is 3. The maximum Gasteiger partial charge on any atom is 0.229 e. The van der Waals surface area contributed by atoms with Gasteiger partial charge in [-0.05, 0) is 37.1 Å². The Balaban J connectivity index is 2.50. The van der Waals surface area contributed by atoms with Gasteiger partial charge in [-0.25, -0.2) is 0 Å². The van der Waals surface area contributed by atoms with Gasteiger partial charge >= 0.3 is 0 Å². The lowest BCUT2D eigenvalue weighted by Crippen LogP contribution is -2.27. The first-order chi connectivity index (χ1) is 9.82. The van der Waals surface area contributed by atoms with Gasteiger partial charge in [0.15, 0.2) is 0 Å². The Kier molecular flexibility index (Phi) is 6.37. The fourth-order valence-electron chi connectivity index (χ4n) is 1.58. The molecule has 3 N–H and O–H groups in total. The van der Waals surface area contributed by atoms with Crippen molar-refractivity contribution in [2.45, 2.75) is 40.0 Å². The Morgan fingerprint density at radius 3 is 2.00 bits per heavy atom. The van der Waals surface area contributed by atoms with Crippen molar-refractivity contribution < 1.29 is 14.7 Å². The fraction of sp³-hybridized carbons (Fsp3) is 0.500. The molecule has 2 amide bonds. The number of aliphatic hydroxyl groups is 1. The third-order valence-electron chi connectivity index (χ3n) is 2.92. The van der Waals surface area contributed by atoms with Crippen molar-refractivity contribution in [2.24, 2.45) is 5.41 Å². The molecule has 0 spiro atoms. The van der Waals surface area contributed by atoms with Crippen LogP contribution in [0.2, 0.25) is 0 Å². The number of benzene rings is 1. The quantitative estimate of drug-likeness (QED) is 0.705. The third kappa shape index (κ3) is 6.40. The normalized spacial score (nSPS) is 11.0. The highest BCUT2D eigenvalue weighted by atomic mass is 16.3. The van der Waals surface area contributed by atoms with Crippen LogP contribution in [0.4, 0.5) is 11.4 Å². The van der Waals surface area contributed by atoms with Crippen LogP contribution in [0.1, 0.15) is 40.0 Å². The van der Waals surface area contributed by atoms with Crippen molar-refractivity contribution in [3.63, 3.8) is 0 Å². The predicted octanol–water partition coefficient (Wildman–Crippen LogP) is 2.77. The summed E-state index contributed by atoms with van der Waals surface area (Å²) < 4.78 is 0. The average Bonchev–Trinajstić information content (AvgIpc) is 2.40. The van der Waals surface area contributed by atoms with Crippen LogP contribution < -0.4 is 10.6 Å². The molecule has 0 radical (unpaired) electrons. The summed E-state index contributed by atoms with van der Waals surface area (Å²) in [7, 11) is 0. The largest absolute Gasteiger partial charge is 0.396 e. The van der Waals surface area contributed by atoms with E-state index >= 15 is 0 Å². The summed E-state index contributed by atoms with van der Waals surface area (Å²) in [5, 5.41) is 14.3. The highest BCUT2D eigenvalue weighted by molar-refractivity contribution is 5.95. The smallest absolute Gasteiger partial charge is 0.229 e. The molecule has 5 nitrogen and oxygen atoms in total. The van der Waals surface area contributed by atoms with E-state index in [0.29, 0.717) is 30.6 Å². The number of carbonyl (C=O) groups is 2. The summed E-state index contributed by atoms with van der Waals surface area (Å²) in [5.74, 6) is -0.127. The van der Waals surface area contributed by atoms with Crippen molar-refractivity contribution >= 4 is 23.2 Å². The Labute approximate surface area is 125 Å². The van der Waals surface area contributed by atoms with Gasteiger partial charge < -0.3 is 15.7 Å². The summed E-state index contributed by atoms with van der Waals surface area (Å²) in [6.07, 6.45) is 1.69. The lowest BCUT2D eigenvalue weighted by atomic mass is 9.95. The number of aliphatic hydroxyl groups excluding tert-OH is 1. The predicted molar refractivity (Wildman–Crippen MR) is 84.1 cm³/mol. The molecule has 1 rings (SSSR count). The second kappa shape index (κ2) is 7.78. The lowest BCUT2D eigenvalue weighted by molar-refractivity contribution is -0.123. The molecule has 1 aromatic rings. The molecule has 0 aliphatic carbocycles. The van der Waals surface area contributed by atoms with Crippen molar-refractivity contribution in [2.75, 3.05) is 17.2 Å². The number of carbonyl (C=O) groups excluding carboxylic acids is 2. The van der Waals surface area contributed by atoms with Gasteiger partial charge in [-0.3, -0.25) is 9.59 Å². The van der Waals surface area contributed by atoms with Crippen LogP contribution in [0.15, 0.2) is 24.3 Å². The summed E-state index contributed by atoms with van der Waals surface area (Å²) in [4.78, 5) is 23.5. The summed E-state index contributed by atoms with van der Waals surface area (Å²) in [6.45, 7) is 5.66. The molecule has 0 unspecified atom stereocenters. The van der Waals surface area contributed by atoms with Gasteiger partial charge in [-0.15, -0.1) is 0 Å². The SMILES string of the molecule is CC(C)(C)C(=O)Nc1ccc(NC(=O)CCCCO)cc1. The van der Waals surface area contributed by atoms with Crippen molar-refractivity contribution in [3.8, 4) is 0 Å². The van der Waals surface area contributed by atoms with E-state index in [1.807, 2.05) is 20.8 Å². The molecule has 1 aromatic carbocycles. The average molecular weight is 292 g/mol. The Bertz CT molecular complexity index is 475. The second-order valence-corrected chi connectivity index (χ2v) is 6.01. The highest BCUT2D eigenvalue weighted by Gasteiger charge is 2.20. The molecule has 5 heteroatoms. The van der Waals surface area contributed by atoms with Crippen molar-refractivity contribution in [1.82, 2.24) is 0 Å². The van der Waals surface area contributed by atoms with E-state index in [-0.39, 0.29) is 18.4 Å².